The summed E-state index contributed by atoms with van der Waals surface area (Å²) in [7, 11) is 4.27. The SMILES string of the molecule is CN(C)[C@H]1CCNC1.O=Cc1c(F)cccc1Cl. The minimum absolute atomic E-state index is 0.0795. The van der Waals surface area contributed by atoms with Crippen molar-refractivity contribution in [1.82, 2.24) is 10.2 Å². The fraction of sp³-hybridized carbons (Fsp3) is 0.462. The second kappa shape index (κ2) is 7.46. The molecule has 1 aliphatic heterocycles. The minimum atomic E-state index is -0.581. The summed E-state index contributed by atoms with van der Waals surface area (Å²) in [5.74, 6) is -0.581. The smallest absolute Gasteiger partial charge is 0.154 e. The molecule has 1 fully saturated rings. The lowest BCUT2D eigenvalue weighted by molar-refractivity contribution is 0.112. The van der Waals surface area contributed by atoms with Crippen molar-refractivity contribution >= 4 is 17.9 Å². The molecule has 1 aliphatic rings. The second-order valence-corrected chi connectivity index (χ2v) is 4.77. The van der Waals surface area contributed by atoms with Gasteiger partial charge in [-0.3, -0.25) is 4.79 Å². The zero-order valence-electron chi connectivity index (χ0n) is 10.6. The average molecular weight is 273 g/mol. The first-order valence-electron chi connectivity index (χ1n) is 5.82. The molecule has 0 amide bonds. The number of halogens is 2. The lowest BCUT2D eigenvalue weighted by Crippen LogP contribution is -2.29. The van der Waals surface area contributed by atoms with Crippen molar-refractivity contribution in [2.45, 2.75) is 12.5 Å². The van der Waals surface area contributed by atoms with E-state index >= 15 is 0 Å². The van der Waals surface area contributed by atoms with Gasteiger partial charge in [-0.1, -0.05) is 17.7 Å². The van der Waals surface area contributed by atoms with Crippen molar-refractivity contribution in [1.29, 1.82) is 0 Å². The quantitative estimate of drug-likeness (QED) is 0.838. The standard InChI is InChI=1S/C7H4ClFO.C6H14N2/c8-6-2-1-3-7(9)5(6)4-10;1-8(2)6-3-4-7-5-6/h1-4H;6-7H,3-5H2,1-2H3/t;6-/m.0/s1. The van der Waals surface area contributed by atoms with Crippen LogP contribution >= 0.6 is 11.6 Å². The number of nitrogens with zero attached hydrogens (tertiary/aromatic N) is 1. The summed E-state index contributed by atoms with van der Waals surface area (Å²) in [6.45, 7) is 2.37. The summed E-state index contributed by atoms with van der Waals surface area (Å²) in [6, 6.07) is 4.89. The highest BCUT2D eigenvalue weighted by atomic mass is 35.5. The highest BCUT2D eigenvalue weighted by Crippen LogP contribution is 2.15. The molecule has 1 heterocycles. The van der Waals surface area contributed by atoms with Gasteiger partial charge in [0.2, 0.25) is 0 Å². The first-order valence-corrected chi connectivity index (χ1v) is 6.20. The number of aldehydes is 1. The number of carbonyl (C=O) groups is 1. The molecule has 1 aromatic carbocycles. The van der Waals surface area contributed by atoms with Crippen LogP contribution in [-0.4, -0.2) is 44.4 Å². The molecule has 1 saturated heterocycles. The van der Waals surface area contributed by atoms with Crippen molar-refractivity contribution in [2.75, 3.05) is 27.2 Å². The fourth-order valence-electron chi connectivity index (χ4n) is 1.70. The topological polar surface area (TPSA) is 32.3 Å². The number of benzene rings is 1. The van der Waals surface area contributed by atoms with Gasteiger partial charge in [-0.15, -0.1) is 0 Å². The molecule has 0 unspecified atom stereocenters. The number of hydrogen-bond acceptors (Lipinski definition) is 3. The van der Waals surface area contributed by atoms with Crippen molar-refractivity contribution in [3.8, 4) is 0 Å². The molecule has 1 aromatic rings. The Morgan fingerprint density at radius 3 is 2.56 bits per heavy atom. The molecule has 1 N–H and O–H groups in total. The van der Waals surface area contributed by atoms with Crippen LogP contribution in [0.4, 0.5) is 4.39 Å². The Labute approximate surface area is 112 Å². The summed E-state index contributed by atoms with van der Waals surface area (Å²) in [6.07, 6.45) is 1.71. The molecule has 0 aliphatic carbocycles. The molecule has 1 atom stereocenters. The van der Waals surface area contributed by atoms with Gasteiger partial charge in [-0.2, -0.15) is 0 Å². The van der Waals surface area contributed by atoms with Crippen molar-refractivity contribution in [3.05, 3.63) is 34.6 Å². The normalized spacial score (nSPS) is 18.4. The second-order valence-electron chi connectivity index (χ2n) is 4.36. The Morgan fingerprint density at radius 2 is 2.22 bits per heavy atom. The average Bonchev–Trinajstić information content (AvgIpc) is 2.83. The van der Waals surface area contributed by atoms with Crippen LogP contribution in [0.5, 0.6) is 0 Å². The molecule has 100 valence electrons. The molecule has 2 rings (SSSR count). The maximum atomic E-state index is 12.5. The van der Waals surface area contributed by atoms with Gasteiger partial charge in [0.25, 0.3) is 0 Å². The van der Waals surface area contributed by atoms with E-state index in [1.807, 2.05) is 0 Å². The third kappa shape index (κ3) is 4.37. The van der Waals surface area contributed by atoms with Crippen LogP contribution in [0.1, 0.15) is 16.8 Å². The Kier molecular flexibility index (Phi) is 6.25. The Balaban J connectivity index is 0.000000184. The highest BCUT2D eigenvalue weighted by Gasteiger charge is 2.14. The molecular weight excluding hydrogens is 255 g/mol. The van der Waals surface area contributed by atoms with Gasteiger partial charge in [0.15, 0.2) is 6.29 Å². The first kappa shape index (κ1) is 15.1. The predicted molar refractivity (Wildman–Crippen MR) is 71.8 cm³/mol. The zero-order chi connectivity index (χ0) is 13.5. The van der Waals surface area contributed by atoms with E-state index in [1.54, 1.807) is 0 Å². The largest absolute Gasteiger partial charge is 0.315 e. The molecule has 18 heavy (non-hydrogen) atoms. The van der Waals surface area contributed by atoms with Gasteiger partial charge >= 0.3 is 0 Å². The summed E-state index contributed by atoms with van der Waals surface area (Å²) < 4.78 is 12.5. The summed E-state index contributed by atoms with van der Waals surface area (Å²) >= 11 is 5.46. The number of rotatable bonds is 2. The molecule has 3 nitrogen and oxygen atoms in total. The monoisotopic (exact) mass is 272 g/mol. The van der Waals surface area contributed by atoms with Crippen molar-refractivity contribution in [2.24, 2.45) is 0 Å². The predicted octanol–water partition coefficient (Wildman–Crippen LogP) is 2.20. The lowest BCUT2D eigenvalue weighted by Gasteiger charge is -2.16. The number of likely N-dealkylation sites (N-methyl/N-ethyl adjacent to an activating group) is 1. The van der Waals surface area contributed by atoms with Crippen LogP contribution < -0.4 is 5.32 Å². The molecule has 0 spiro atoms. The Bertz CT molecular complexity index is 372. The Hall–Kier alpha value is -0.970. The first-order chi connectivity index (χ1) is 8.56. The van der Waals surface area contributed by atoms with Crippen molar-refractivity contribution in [3.63, 3.8) is 0 Å². The van der Waals surface area contributed by atoms with E-state index in [0.717, 1.165) is 6.04 Å². The minimum Gasteiger partial charge on any atom is -0.315 e. The van der Waals surface area contributed by atoms with E-state index in [0.29, 0.717) is 6.29 Å². The van der Waals surface area contributed by atoms with Gasteiger partial charge in [0.05, 0.1) is 10.6 Å². The van der Waals surface area contributed by atoms with Crippen LogP contribution in [0.3, 0.4) is 0 Å². The number of hydrogen-bond donors (Lipinski definition) is 1. The van der Waals surface area contributed by atoms with Crippen LogP contribution in [0.25, 0.3) is 0 Å². The molecule has 0 radical (unpaired) electrons. The Morgan fingerprint density at radius 1 is 1.50 bits per heavy atom. The molecule has 0 bridgehead atoms. The molecule has 5 heteroatoms. The number of carbonyl (C=O) groups excluding carboxylic acids is 1. The lowest BCUT2D eigenvalue weighted by atomic mass is 10.2. The van der Waals surface area contributed by atoms with E-state index in [2.05, 4.69) is 24.3 Å². The van der Waals surface area contributed by atoms with Gasteiger partial charge < -0.3 is 10.2 Å². The number of nitrogens with one attached hydrogen (secondary N) is 1. The van der Waals surface area contributed by atoms with Crippen LogP contribution in [0.15, 0.2) is 18.2 Å². The maximum Gasteiger partial charge on any atom is 0.154 e. The van der Waals surface area contributed by atoms with Crippen molar-refractivity contribution < 1.29 is 9.18 Å². The zero-order valence-corrected chi connectivity index (χ0v) is 11.4. The molecule has 0 aromatic heterocycles. The van der Waals surface area contributed by atoms with E-state index < -0.39 is 5.82 Å². The van der Waals surface area contributed by atoms with Crippen LogP contribution in [-0.2, 0) is 0 Å². The highest BCUT2D eigenvalue weighted by molar-refractivity contribution is 6.32. The van der Waals surface area contributed by atoms with Gasteiger partial charge in [0, 0.05) is 12.6 Å². The van der Waals surface area contributed by atoms with E-state index in [1.165, 1.54) is 37.7 Å². The third-order valence-electron chi connectivity index (χ3n) is 2.88. The molecular formula is C13H18ClFN2O. The van der Waals surface area contributed by atoms with E-state index in [-0.39, 0.29) is 10.6 Å². The molecule has 0 saturated carbocycles. The maximum absolute atomic E-state index is 12.5. The van der Waals surface area contributed by atoms with Gasteiger partial charge in [-0.25, -0.2) is 4.39 Å². The summed E-state index contributed by atoms with van der Waals surface area (Å²) in [5.41, 5.74) is -0.0795. The fourth-order valence-corrected chi connectivity index (χ4v) is 1.91. The van der Waals surface area contributed by atoms with E-state index in [9.17, 15) is 9.18 Å². The third-order valence-corrected chi connectivity index (χ3v) is 3.21. The van der Waals surface area contributed by atoms with Crippen LogP contribution in [0, 0.1) is 5.82 Å². The summed E-state index contributed by atoms with van der Waals surface area (Å²) in [5, 5.41) is 3.46. The van der Waals surface area contributed by atoms with Crippen LogP contribution in [0.2, 0.25) is 5.02 Å². The van der Waals surface area contributed by atoms with Gasteiger partial charge in [-0.05, 0) is 39.2 Å². The van der Waals surface area contributed by atoms with Gasteiger partial charge in [0.1, 0.15) is 5.82 Å². The van der Waals surface area contributed by atoms with E-state index in [4.69, 9.17) is 11.6 Å². The summed E-state index contributed by atoms with van der Waals surface area (Å²) in [4.78, 5) is 12.4.